The van der Waals surface area contributed by atoms with E-state index in [1.807, 2.05) is 6.92 Å². The summed E-state index contributed by atoms with van der Waals surface area (Å²) in [6, 6.07) is 14.9. The minimum Gasteiger partial charge on any atom is -0.342 e. The molecule has 0 aliphatic heterocycles. The molecule has 1 aromatic heterocycles. The lowest BCUT2D eigenvalue weighted by atomic mass is 10.00. The van der Waals surface area contributed by atoms with Crippen molar-refractivity contribution in [3.63, 3.8) is 0 Å². The third-order valence-corrected chi connectivity index (χ3v) is 3.36. The van der Waals surface area contributed by atoms with Gasteiger partial charge in [-0.25, -0.2) is 4.98 Å². The highest BCUT2D eigenvalue weighted by atomic mass is 14.9. The van der Waals surface area contributed by atoms with Crippen molar-refractivity contribution in [3.05, 3.63) is 65.0 Å². The van der Waals surface area contributed by atoms with Crippen LogP contribution in [0.1, 0.15) is 22.5 Å². The number of nitrogens with one attached hydrogen (secondary N) is 1. The van der Waals surface area contributed by atoms with E-state index in [1.54, 1.807) is 0 Å². The van der Waals surface area contributed by atoms with Gasteiger partial charge in [0, 0.05) is 0 Å². The van der Waals surface area contributed by atoms with E-state index in [-0.39, 0.29) is 0 Å². The molecule has 0 aliphatic carbocycles. The van der Waals surface area contributed by atoms with Crippen molar-refractivity contribution in [3.8, 4) is 0 Å². The van der Waals surface area contributed by atoms with Gasteiger partial charge in [0.1, 0.15) is 5.82 Å². The van der Waals surface area contributed by atoms with Crippen LogP contribution in [0.2, 0.25) is 0 Å². The van der Waals surface area contributed by atoms with Gasteiger partial charge < -0.3 is 4.98 Å². The van der Waals surface area contributed by atoms with Gasteiger partial charge in [-0.15, -0.1) is 0 Å². The first-order valence-electron chi connectivity index (χ1n) is 6.23. The van der Waals surface area contributed by atoms with Crippen LogP contribution in [-0.2, 0) is 6.42 Å². The molecular weight excluding hydrogens is 220 g/mol. The summed E-state index contributed by atoms with van der Waals surface area (Å²) in [5, 5.41) is 0. The van der Waals surface area contributed by atoms with Crippen LogP contribution in [0.3, 0.4) is 0 Å². The molecule has 0 unspecified atom stereocenters. The van der Waals surface area contributed by atoms with E-state index in [0.29, 0.717) is 0 Å². The van der Waals surface area contributed by atoms with Gasteiger partial charge in [-0.1, -0.05) is 36.4 Å². The molecule has 2 heteroatoms. The molecular formula is C16H16N2. The van der Waals surface area contributed by atoms with Crippen molar-refractivity contribution in [2.75, 3.05) is 0 Å². The lowest BCUT2D eigenvalue weighted by Crippen LogP contribution is -1.92. The Morgan fingerprint density at radius 1 is 0.944 bits per heavy atom. The number of rotatable bonds is 2. The minimum atomic E-state index is 0.939. The van der Waals surface area contributed by atoms with Crippen LogP contribution in [0, 0.1) is 13.8 Å². The molecule has 0 saturated heterocycles. The zero-order valence-corrected chi connectivity index (χ0v) is 10.7. The fraction of sp³-hybridized carbons (Fsp3) is 0.188. The maximum absolute atomic E-state index is 4.58. The van der Waals surface area contributed by atoms with Crippen LogP contribution in [0.25, 0.3) is 11.0 Å². The molecule has 2 nitrogen and oxygen atoms in total. The van der Waals surface area contributed by atoms with E-state index in [1.165, 1.54) is 16.7 Å². The number of hydrogen-bond donors (Lipinski definition) is 1. The number of hydrogen-bond acceptors (Lipinski definition) is 1. The van der Waals surface area contributed by atoms with Crippen LogP contribution >= 0.6 is 0 Å². The molecule has 0 spiro atoms. The first-order valence-corrected chi connectivity index (χ1v) is 6.23. The summed E-state index contributed by atoms with van der Waals surface area (Å²) >= 11 is 0. The number of H-pyrrole nitrogens is 1. The predicted molar refractivity (Wildman–Crippen MR) is 74.8 cm³/mol. The quantitative estimate of drug-likeness (QED) is 0.721. The van der Waals surface area contributed by atoms with Crippen molar-refractivity contribution in [2.45, 2.75) is 20.3 Å². The third kappa shape index (κ3) is 1.90. The number of imidazole rings is 1. The first kappa shape index (κ1) is 11.0. The number of fused-ring (bicyclic) bond motifs is 1. The second kappa shape index (κ2) is 4.30. The van der Waals surface area contributed by atoms with Gasteiger partial charge in [0.15, 0.2) is 0 Å². The highest BCUT2D eigenvalue weighted by molar-refractivity contribution is 5.79. The van der Waals surface area contributed by atoms with Gasteiger partial charge in [-0.2, -0.15) is 0 Å². The van der Waals surface area contributed by atoms with Crippen LogP contribution in [0.15, 0.2) is 42.5 Å². The molecule has 0 bridgehead atoms. The second-order valence-electron chi connectivity index (χ2n) is 4.74. The fourth-order valence-corrected chi connectivity index (χ4v) is 2.37. The molecule has 2 aromatic carbocycles. The van der Waals surface area contributed by atoms with Gasteiger partial charge in [0.05, 0.1) is 11.0 Å². The van der Waals surface area contributed by atoms with Crippen LogP contribution < -0.4 is 0 Å². The molecule has 18 heavy (non-hydrogen) atoms. The highest BCUT2D eigenvalue weighted by Gasteiger charge is 2.07. The summed E-state index contributed by atoms with van der Waals surface area (Å²) in [6.07, 6.45) is 0.939. The number of aromatic nitrogens is 2. The van der Waals surface area contributed by atoms with Crippen molar-refractivity contribution >= 4 is 11.0 Å². The Bertz CT molecular complexity index is 695. The fourth-order valence-electron chi connectivity index (χ4n) is 2.37. The number of para-hydroxylation sites is 1. The van der Waals surface area contributed by atoms with Gasteiger partial charge in [-0.3, -0.25) is 0 Å². The molecule has 0 saturated carbocycles. The topological polar surface area (TPSA) is 28.7 Å². The number of aryl methyl sites for hydroxylation is 2. The molecule has 3 aromatic rings. The Hall–Kier alpha value is -2.09. The van der Waals surface area contributed by atoms with Crippen molar-refractivity contribution in [2.24, 2.45) is 0 Å². The second-order valence-corrected chi connectivity index (χ2v) is 4.74. The Labute approximate surface area is 107 Å². The Morgan fingerprint density at radius 2 is 1.72 bits per heavy atom. The van der Waals surface area contributed by atoms with Crippen molar-refractivity contribution < 1.29 is 0 Å². The third-order valence-electron chi connectivity index (χ3n) is 3.36. The van der Waals surface area contributed by atoms with E-state index in [4.69, 9.17) is 0 Å². The molecule has 90 valence electrons. The van der Waals surface area contributed by atoms with Gasteiger partial charge in [0.2, 0.25) is 0 Å². The minimum absolute atomic E-state index is 0.939. The SMILES string of the molecule is Cc1nc2c(Cc3ccccc3C)cccc2[nH]1. The van der Waals surface area contributed by atoms with Crippen LogP contribution in [0.5, 0.6) is 0 Å². The summed E-state index contributed by atoms with van der Waals surface area (Å²) in [4.78, 5) is 7.87. The van der Waals surface area contributed by atoms with Gasteiger partial charge in [0.25, 0.3) is 0 Å². The summed E-state index contributed by atoms with van der Waals surface area (Å²) in [5.74, 6) is 0.974. The van der Waals surface area contributed by atoms with E-state index >= 15 is 0 Å². The molecule has 0 amide bonds. The molecule has 0 aliphatic rings. The number of aromatic amines is 1. The Kier molecular flexibility index (Phi) is 2.63. The summed E-state index contributed by atoms with van der Waals surface area (Å²) in [5.41, 5.74) is 6.20. The largest absolute Gasteiger partial charge is 0.342 e. The number of benzene rings is 2. The maximum Gasteiger partial charge on any atom is 0.104 e. The first-order chi connectivity index (χ1) is 8.74. The average Bonchev–Trinajstić information content (AvgIpc) is 2.73. The van der Waals surface area contributed by atoms with E-state index in [9.17, 15) is 0 Å². The number of nitrogens with zero attached hydrogens (tertiary/aromatic N) is 1. The monoisotopic (exact) mass is 236 g/mol. The van der Waals surface area contributed by atoms with E-state index < -0.39 is 0 Å². The molecule has 0 radical (unpaired) electrons. The summed E-state index contributed by atoms with van der Waals surface area (Å²) in [7, 11) is 0. The smallest absolute Gasteiger partial charge is 0.104 e. The van der Waals surface area contributed by atoms with Crippen LogP contribution in [-0.4, -0.2) is 9.97 Å². The molecule has 1 N–H and O–H groups in total. The average molecular weight is 236 g/mol. The zero-order valence-electron chi connectivity index (χ0n) is 10.7. The van der Waals surface area contributed by atoms with Crippen LogP contribution in [0.4, 0.5) is 0 Å². The predicted octanol–water partition coefficient (Wildman–Crippen LogP) is 3.77. The maximum atomic E-state index is 4.58. The lowest BCUT2D eigenvalue weighted by Gasteiger charge is -2.06. The van der Waals surface area contributed by atoms with E-state index in [2.05, 4.69) is 59.4 Å². The zero-order chi connectivity index (χ0) is 12.5. The van der Waals surface area contributed by atoms with Gasteiger partial charge >= 0.3 is 0 Å². The summed E-state index contributed by atoms with van der Waals surface area (Å²) in [6.45, 7) is 4.16. The van der Waals surface area contributed by atoms with Gasteiger partial charge in [-0.05, 0) is 43.0 Å². The van der Waals surface area contributed by atoms with Crippen molar-refractivity contribution in [1.29, 1.82) is 0 Å². The van der Waals surface area contributed by atoms with E-state index in [0.717, 1.165) is 23.3 Å². The molecule has 3 rings (SSSR count). The lowest BCUT2D eigenvalue weighted by molar-refractivity contribution is 1.14. The van der Waals surface area contributed by atoms with Crippen molar-refractivity contribution in [1.82, 2.24) is 9.97 Å². The standard InChI is InChI=1S/C16H16N2/c1-11-6-3-4-7-13(11)10-14-8-5-9-15-16(14)18-12(2)17-15/h3-9H,10H2,1-2H3,(H,17,18). The Balaban J connectivity index is 2.07. The summed E-state index contributed by atoms with van der Waals surface area (Å²) < 4.78 is 0. The molecule has 0 fully saturated rings. The molecule has 1 heterocycles. The normalized spacial score (nSPS) is 11.0. The molecule has 0 atom stereocenters. The highest BCUT2D eigenvalue weighted by Crippen LogP contribution is 2.20. The Morgan fingerprint density at radius 3 is 2.56 bits per heavy atom.